The molecule has 0 bridgehead atoms. The molecule has 0 unspecified atom stereocenters. The third-order valence-corrected chi connectivity index (χ3v) is 4.72. The summed E-state index contributed by atoms with van der Waals surface area (Å²) in [5.41, 5.74) is 1.87. The molecule has 1 nitrogen and oxygen atoms in total. The Bertz CT molecular complexity index is 525. The van der Waals surface area contributed by atoms with E-state index in [4.69, 9.17) is 5.26 Å². The largest absolute Gasteiger partial charge is 0.192 e. The van der Waals surface area contributed by atoms with Gasteiger partial charge in [0.25, 0.3) is 0 Å². The minimum absolute atomic E-state index is 0.749. The van der Waals surface area contributed by atoms with E-state index in [1.54, 1.807) is 11.3 Å². The third-order valence-electron chi connectivity index (χ3n) is 2.02. The number of alkyl halides is 1. The highest BCUT2D eigenvalue weighted by Crippen LogP contribution is 2.35. The molecule has 0 amide bonds. The average Bonchev–Trinajstić information content (AvgIpc) is 2.68. The van der Waals surface area contributed by atoms with Gasteiger partial charge < -0.3 is 0 Å². The topological polar surface area (TPSA) is 23.8 Å². The summed E-state index contributed by atoms with van der Waals surface area (Å²) < 4.78 is 2.25. The van der Waals surface area contributed by atoms with Crippen molar-refractivity contribution in [2.75, 3.05) is 0 Å². The van der Waals surface area contributed by atoms with Crippen molar-refractivity contribution in [2.24, 2.45) is 0 Å². The fourth-order valence-electron chi connectivity index (χ4n) is 1.34. The van der Waals surface area contributed by atoms with Crippen LogP contribution in [0.15, 0.2) is 22.0 Å². The lowest BCUT2D eigenvalue weighted by atomic mass is 10.1. The highest BCUT2D eigenvalue weighted by atomic mass is 79.9. The van der Waals surface area contributed by atoms with Gasteiger partial charge in [0.05, 0.1) is 16.3 Å². The molecular formula is C10H5Br2NS. The normalized spacial score (nSPS) is 10.4. The van der Waals surface area contributed by atoms with E-state index in [0.717, 1.165) is 31.0 Å². The molecule has 0 fully saturated rings. The number of rotatable bonds is 1. The minimum Gasteiger partial charge on any atom is -0.192 e. The molecule has 0 aliphatic heterocycles. The first-order chi connectivity index (χ1) is 6.77. The fourth-order valence-corrected chi connectivity index (χ4v) is 3.79. The molecule has 2 rings (SSSR count). The van der Waals surface area contributed by atoms with Gasteiger partial charge >= 0.3 is 0 Å². The molecule has 0 saturated carbocycles. The lowest BCUT2D eigenvalue weighted by Crippen LogP contribution is -1.84. The van der Waals surface area contributed by atoms with Crippen LogP contribution >= 0.6 is 43.2 Å². The SMILES string of the molecule is N#Cc1cc(CBr)c(Br)c2sccc12. The number of nitriles is 1. The van der Waals surface area contributed by atoms with Gasteiger partial charge in [0.2, 0.25) is 0 Å². The van der Waals surface area contributed by atoms with Crippen LogP contribution < -0.4 is 0 Å². The van der Waals surface area contributed by atoms with Gasteiger partial charge in [0, 0.05) is 15.2 Å². The smallest absolute Gasteiger partial charge is 0.0998 e. The number of nitrogens with zero attached hydrogens (tertiary/aromatic N) is 1. The van der Waals surface area contributed by atoms with Crippen LogP contribution in [0.25, 0.3) is 10.1 Å². The van der Waals surface area contributed by atoms with Crippen molar-refractivity contribution in [2.45, 2.75) is 5.33 Å². The number of fused-ring (bicyclic) bond motifs is 1. The maximum absolute atomic E-state index is 8.99. The number of hydrogen-bond acceptors (Lipinski definition) is 2. The fraction of sp³-hybridized carbons (Fsp3) is 0.100. The second kappa shape index (κ2) is 4.01. The van der Waals surface area contributed by atoms with Gasteiger partial charge in [-0.2, -0.15) is 5.26 Å². The Labute approximate surface area is 103 Å². The standard InChI is InChI=1S/C10H5Br2NS/c11-4-6-3-7(5-13)8-1-2-14-10(8)9(6)12/h1-3H,4H2. The van der Waals surface area contributed by atoms with Crippen LogP contribution in [0, 0.1) is 11.3 Å². The minimum atomic E-state index is 0.749. The molecular weight excluding hydrogens is 326 g/mol. The van der Waals surface area contributed by atoms with E-state index in [2.05, 4.69) is 37.9 Å². The third kappa shape index (κ3) is 1.50. The molecule has 1 heterocycles. The van der Waals surface area contributed by atoms with Crippen molar-refractivity contribution in [1.82, 2.24) is 0 Å². The molecule has 1 aromatic carbocycles. The van der Waals surface area contributed by atoms with Crippen molar-refractivity contribution in [3.8, 4) is 6.07 Å². The number of hydrogen-bond donors (Lipinski definition) is 0. The maximum Gasteiger partial charge on any atom is 0.0998 e. The van der Waals surface area contributed by atoms with Gasteiger partial charge in [-0.05, 0) is 39.0 Å². The Balaban J connectivity index is 2.89. The molecule has 70 valence electrons. The first-order valence-corrected chi connectivity index (χ1v) is 6.72. The summed E-state index contributed by atoms with van der Waals surface area (Å²) in [5.74, 6) is 0. The van der Waals surface area contributed by atoms with E-state index in [0.29, 0.717) is 0 Å². The zero-order valence-electron chi connectivity index (χ0n) is 7.05. The number of benzene rings is 1. The molecule has 1 aromatic heterocycles. The van der Waals surface area contributed by atoms with Gasteiger partial charge in [-0.1, -0.05) is 15.9 Å². The number of halogens is 2. The molecule has 0 saturated heterocycles. The Morgan fingerprint density at radius 2 is 2.29 bits per heavy atom. The summed E-state index contributed by atoms with van der Waals surface area (Å²) in [7, 11) is 0. The monoisotopic (exact) mass is 329 g/mol. The summed E-state index contributed by atoms with van der Waals surface area (Å²) >= 11 is 8.62. The van der Waals surface area contributed by atoms with E-state index in [-0.39, 0.29) is 0 Å². The maximum atomic E-state index is 8.99. The molecule has 0 atom stereocenters. The second-order valence-corrected chi connectivity index (χ2v) is 5.08. The van der Waals surface area contributed by atoms with Crippen molar-refractivity contribution < 1.29 is 0 Å². The van der Waals surface area contributed by atoms with Crippen molar-refractivity contribution in [1.29, 1.82) is 5.26 Å². The van der Waals surface area contributed by atoms with Gasteiger partial charge in [0.15, 0.2) is 0 Å². The van der Waals surface area contributed by atoms with Crippen LogP contribution in [0.2, 0.25) is 0 Å². The predicted molar refractivity (Wildman–Crippen MR) is 66.9 cm³/mol. The van der Waals surface area contributed by atoms with E-state index in [1.807, 2.05) is 17.5 Å². The molecule has 14 heavy (non-hydrogen) atoms. The van der Waals surface area contributed by atoms with E-state index in [9.17, 15) is 0 Å². The van der Waals surface area contributed by atoms with Crippen LogP contribution in [0.1, 0.15) is 11.1 Å². The van der Waals surface area contributed by atoms with Gasteiger partial charge in [-0.3, -0.25) is 0 Å². The molecule has 0 aliphatic rings. The Morgan fingerprint density at radius 1 is 1.50 bits per heavy atom. The lowest BCUT2D eigenvalue weighted by molar-refractivity contribution is 1.41. The van der Waals surface area contributed by atoms with Crippen LogP contribution in [-0.4, -0.2) is 0 Å². The Morgan fingerprint density at radius 3 is 2.93 bits per heavy atom. The van der Waals surface area contributed by atoms with Crippen LogP contribution in [-0.2, 0) is 5.33 Å². The average molecular weight is 331 g/mol. The zero-order valence-corrected chi connectivity index (χ0v) is 11.0. The highest BCUT2D eigenvalue weighted by Gasteiger charge is 2.10. The summed E-state index contributed by atoms with van der Waals surface area (Å²) in [6.45, 7) is 0. The van der Waals surface area contributed by atoms with Crippen LogP contribution in [0.5, 0.6) is 0 Å². The molecule has 0 radical (unpaired) electrons. The van der Waals surface area contributed by atoms with Crippen LogP contribution in [0.4, 0.5) is 0 Å². The first kappa shape index (κ1) is 10.2. The van der Waals surface area contributed by atoms with Crippen molar-refractivity contribution >= 4 is 53.3 Å². The first-order valence-electron chi connectivity index (χ1n) is 3.92. The van der Waals surface area contributed by atoms with E-state index >= 15 is 0 Å². The lowest BCUT2D eigenvalue weighted by Gasteiger charge is -2.03. The predicted octanol–water partition coefficient (Wildman–Crippen LogP) is 4.43. The van der Waals surface area contributed by atoms with Crippen molar-refractivity contribution in [3.63, 3.8) is 0 Å². The van der Waals surface area contributed by atoms with Crippen LogP contribution in [0.3, 0.4) is 0 Å². The summed E-state index contributed by atoms with van der Waals surface area (Å²) in [5, 5.41) is 12.8. The van der Waals surface area contributed by atoms with Gasteiger partial charge in [-0.15, -0.1) is 11.3 Å². The molecule has 2 aromatic rings. The quantitative estimate of drug-likeness (QED) is 0.709. The van der Waals surface area contributed by atoms with E-state index in [1.165, 1.54) is 0 Å². The van der Waals surface area contributed by atoms with E-state index < -0.39 is 0 Å². The summed E-state index contributed by atoms with van der Waals surface area (Å²) in [4.78, 5) is 0. The summed E-state index contributed by atoms with van der Waals surface area (Å²) in [6.07, 6.45) is 0. The molecule has 0 N–H and O–H groups in total. The second-order valence-electron chi connectivity index (χ2n) is 2.81. The molecule has 0 spiro atoms. The number of thiophene rings is 1. The van der Waals surface area contributed by atoms with Gasteiger partial charge in [-0.25, -0.2) is 0 Å². The molecule has 4 heteroatoms. The van der Waals surface area contributed by atoms with Crippen molar-refractivity contribution in [3.05, 3.63) is 33.1 Å². The van der Waals surface area contributed by atoms with Gasteiger partial charge in [0.1, 0.15) is 0 Å². The molecule has 0 aliphatic carbocycles. The highest BCUT2D eigenvalue weighted by molar-refractivity contribution is 9.11. The zero-order chi connectivity index (χ0) is 10.1. The summed E-state index contributed by atoms with van der Waals surface area (Å²) in [6, 6.07) is 6.13. The Hall–Kier alpha value is -0.370. The Kier molecular flexibility index (Phi) is 2.91.